The van der Waals surface area contributed by atoms with Crippen LogP contribution in [0, 0.1) is 11.8 Å². The molecule has 0 amide bonds. The fourth-order valence-electron chi connectivity index (χ4n) is 2.57. The topological polar surface area (TPSA) is 24.9 Å². The van der Waals surface area contributed by atoms with Gasteiger partial charge in [-0.1, -0.05) is 26.2 Å². The van der Waals surface area contributed by atoms with Gasteiger partial charge in [0.15, 0.2) is 0 Å². The third-order valence-corrected chi connectivity index (χ3v) is 4.31. The molecule has 0 radical (unpaired) electrons. The van der Waals surface area contributed by atoms with E-state index in [1.54, 1.807) is 0 Å². The van der Waals surface area contributed by atoms with Gasteiger partial charge in [-0.2, -0.15) is 0 Å². The van der Waals surface area contributed by atoms with Gasteiger partial charge in [-0.3, -0.25) is 0 Å². The van der Waals surface area contributed by atoms with Gasteiger partial charge in [-0.15, -0.1) is 0 Å². The second kappa shape index (κ2) is 6.39. The maximum Gasteiger partial charge on any atom is 0.125 e. The van der Waals surface area contributed by atoms with Crippen LogP contribution in [-0.2, 0) is 0 Å². The number of nitrogens with one attached hydrogen (secondary N) is 1. The van der Waals surface area contributed by atoms with Crippen molar-refractivity contribution in [2.24, 2.45) is 11.8 Å². The predicted molar refractivity (Wildman–Crippen MR) is 76.2 cm³/mol. The minimum absolute atomic E-state index is 0.836. The van der Waals surface area contributed by atoms with Gasteiger partial charge in [0, 0.05) is 17.2 Å². The van der Waals surface area contributed by atoms with Crippen molar-refractivity contribution in [1.29, 1.82) is 0 Å². The zero-order valence-corrected chi connectivity index (χ0v) is 12.0. The summed E-state index contributed by atoms with van der Waals surface area (Å²) in [7, 11) is 0. The highest BCUT2D eigenvalue weighted by Gasteiger charge is 2.19. The molecule has 1 N–H and O–H groups in total. The van der Waals surface area contributed by atoms with E-state index in [1.807, 2.05) is 18.3 Å². The van der Waals surface area contributed by atoms with Crippen molar-refractivity contribution >= 4 is 21.7 Å². The second-order valence-corrected chi connectivity index (χ2v) is 5.95. The Morgan fingerprint density at radius 2 is 1.94 bits per heavy atom. The fourth-order valence-corrected chi connectivity index (χ4v) is 2.81. The van der Waals surface area contributed by atoms with Gasteiger partial charge < -0.3 is 5.32 Å². The first-order chi connectivity index (χ1) is 8.28. The minimum atomic E-state index is 0.836. The molecular weight excluding hydrogens is 276 g/mol. The van der Waals surface area contributed by atoms with Gasteiger partial charge in [-0.05, 0) is 52.7 Å². The van der Waals surface area contributed by atoms with E-state index in [1.165, 1.54) is 32.1 Å². The Bertz CT molecular complexity index is 329. The number of hydrogen-bond donors (Lipinski definition) is 1. The van der Waals surface area contributed by atoms with Crippen molar-refractivity contribution < 1.29 is 0 Å². The van der Waals surface area contributed by atoms with Crippen molar-refractivity contribution in [2.75, 3.05) is 11.9 Å². The Hall–Kier alpha value is -0.570. The molecule has 1 aliphatic rings. The van der Waals surface area contributed by atoms with E-state index < -0.39 is 0 Å². The number of aromatic nitrogens is 1. The van der Waals surface area contributed by atoms with E-state index in [2.05, 4.69) is 33.2 Å². The summed E-state index contributed by atoms with van der Waals surface area (Å²) >= 11 is 3.40. The average Bonchev–Trinajstić information content (AvgIpc) is 2.39. The fraction of sp³-hybridized carbons (Fsp3) is 0.643. The largest absolute Gasteiger partial charge is 0.370 e. The molecule has 0 saturated heterocycles. The molecule has 0 unspecified atom stereocenters. The van der Waals surface area contributed by atoms with Crippen molar-refractivity contribution in [3.05, 3.63) is 22.8 Å². The number of pyridine rings is 1. The van der Waals surface area contributed by atoms with E-state index >= 15 is 0 Å². The van der Waals surface area contributed by atoms with Crippen LogP contribution in [0.5, 0.6) is 0 Å². The Kier molecular flexibility index (Phi) is 4.84. The lowest BCUT2D eigenvalue weighted by molar-refractivity contribution is 0.278. The van der Waals surface area contributed by atoms with E-state index in [9.17, 15) is 0 Å². The maximum atomic E-state index is 4.34. The summed E-state index contributed by atoms with van der Waals surface area (Å²) in [5, 5.41) is 3.44. The lowest BCUT2D eigenvalue weighted by Gasteiger charge is -2.27. The smallest absolute Gasteiger partial charge is 0.125 e. The molecule has 1 aromatic heterocycles. The summed E-state index contributed by atoms with van der Waals surface area (Å²) in [5.74, 6) is 2.81. The van der Waals surface area contributed by atoms with Crippen LogP contribution >= 0.6 is 15.9 Å². The van der Waals surface area contributed by atoms with Crippen molar-refractivity contribution in [3.8, 4) is 0 Å². The summed E-state index contributed by atoms with van der Waals surface area (Å²) in [5.41, 5.74) is 0. The van der Waals surface area contributed by atoms with Crippen molar-refractivity contribution in [1.82, 2.24) is 4.98 Å². The van der Waals surface area contributed by atoms with Crippen LogP contribution in [0.2, 0.25) is 0 Å². The number of rotatable bonds is 4. The van der Waals surface area contributed by atoms with E-state index in [-0.39, 0.29) is 0 Å². The zero-order valence-electron chi connectivity index (χ0n) is 10.5. The van der Waals surface area contributed by atoms with Crippen LogP contribution < -0.4 is 5.32 Å². The van der Waals surface area contributed by atoms with Crippen molar-refractivity contribution in [3.63, 3.8) is 0 Å². The summed E-state index contributed by atoms with van der Waals surface area (Å²) in [6, 6.07) is 4.06. The van der Waals surface area contributed by atoms with Crippen LogP contribution in [0.3, 0.4) is 0 Å². The van der Waals surface area contributed by atoms with Gasteiger partial charge in [-0.25, -0.2) is 4.98 Å². The molecule has 1 fully saturated rings. The van der Waals surface area contributed by atoms with Crippen LogP contribution in [0.4, 0.5) is 5.82 Å². The molecule has 1 aliphatic carbocycles. The quantitative estimate of drug-likeness (QED) is 0.886. The average molecular weight is 297 g/mol. The Labute approximate surface area is 112 Å². The standard InChI is InChI=1S/C14H21BrN2/c1-2-11-3-5-12(6-4-11)9-16-14-8-7-13(15)10-17-14/h7-8,10-12H,2-6,9H2,1H3,(H,16,17). The zero-order chi connectivity index (χ0) is 12.1. The van der Waals surface area contributed by atoms with Gasteiger partial charge in [0.1, 0.15) is 5.82 Å². The number of anilines is 1. The first-order valence-corrected chi connectivity index (χ1v) is 7.42. The molecule has 1 aromatic rings. The highest BCUT2D eigenvalue weighted by molar-refractivity contribution is 9.10. The first kappa shape index (κ1) is 12.9. The highest BCUT2D eigenvalue weighted by Crippen LogP contribution is 2.30. The lowest BCUT2D eigenvalue weighted by atomic mass is 9.81. The molecule has 0 aromatic carbocycles. The number of nitrogens with zero attached hydrogens (tertiary/aromatic N) is 1. The van der Waals surface area contributed by atoms with Crippen LogP contribution in [0.25, 0.3) is 0 Å². The Morgan fingerprint density at radius 1 is 1.24 bits per heavy atom. The molecular formula is C14H21BrN2. The Balaban J connectivity index is 1.74. The van der Waals surface area contributed by atoms with Crippen LogP contribution in [-0.4, -0.2) is 11.5 Å². The normalized spacial score (nSPS) is 24.6. The predicted octanol–water partition coefficient (Wildman–Crippen LogP) is 4.47. The lowest BCUT2D eigenvalue weighted by Crippen LogP contribution is -2.21. The van der Waals surface area contributed by atoms with Gasteiger partial charge in [0.2, 0.25) is 0 Å². The number of halogens is 1. The summed E-state index contributed by atoms with van der Waals surface area (Å²) in [6.45, 7) is 3.39. The highest BCUT2D eigenvalue weighted by atomic mass is 79.9. The molecule has 2 nitrogen and oxygen atoms in total. The maximum absolute atomic E-state index is 4.34. The van der Waals surface area contributed by atoms with Gasteiger partial charge >= 0.3 is 0 Å². The molecule has 0 spiro atoms. The molecule has 1 heterocycles. The molecule has 0 aliphatic heterocycles. The summed E-state index contributed by atoms with van der Waals surface area (Å²) in [4.78, 5) is 4.34. The number of hydrogen-bond acceptors (Lipinski definition) is 2. The summed E-state index contributed by atoms with van der Waals surface area (Å²) in [6.07, 6.45) is 8.78. The third-order valence-electron chi connectivity index (χ3n) is 3.84. The molecule has 1 saturated carbocycles. The molecule has 17 heavy (non-hydrogen) atoms. The van der Waals surface area contributed by atoms with E-state index in [4.69, 9.17) is 0 Å². The molecule has 0 bridgehead atoms. The molecule has 94 valence electrons. The van der Waals surface area contributed by atoms with Crippen molar-refractivity contribution in [2.45, 2.75) is 39.0 Å². The molecule has 2 rings (SSSR count). The first-order valence-electron chi connectivity index (χ1n) is 6.63. The van der Waals surface area contributed by atoms with E-state index in [0.29, 0.717) is 0 Å². The van der Waals surface area contributed by atoms with Crippen LogP contribution in [0.1, 0.15) is 39.0 Å². The SMILES string of the molecule is CCC1CCC(CNc2ccc(Br)cn2)CC1. The molecule has 0 atom stereocenters. The van der Waals surface area contributed by atoms with Gasteiger partial charge in [0.25, 0.3) is 0 Å². The Morgan fingerprint density at radius 3 is 2.53 bits per heavy atom. The minimum Gasteiger partial charge on any atom is -0.370 e. The second-order valence-electron chi connectivity index (χ2n) is 5.04. The van der Waals surface area contributed by atoms with Gasteiger partial charge in [0.05, 0.1) is 0 Å². The van der Waals surface area contributed by atoms with Crippen LogP contribution in [0.15, 0.2) is 22.8 Å². The van der Waals surface area contributed by atoms with E-state index in [0.717, 1.165) is 28.7 Å². The molecule has 3 heteroatoms. The summed E-state index contributed by atoms with van der Waals surface area (Å²) < 4.78 is 1.03. The monoisotopic (exact) mass is 296 g/mol. The third kappa shape index (κ3) is 3.98.